The lowest BCUT2D eigenvalue weighted by Crippen LogP contribution is -2.24. The van der Waals surface area contributed by atoms with Gasteiger partial charge in [0.05, 0.1) is 16.3 Å². The molecule has 0 fully saturated rings. The Hall–Kier alpha value is -2.46. The van der Waals surface area contributed by atoms with Crippen LogP contribution in [0.3, 0.4) is 0 Å². The van der Waals surface area contributed by atoms with Crippen molar-refractivity contribution in [1.82, 2.24) is 9.78 Å². The normalized spacial score (nSPS) is 13.0. The first-order valence-corrected chi connectivity index (χ1v) is 13.5. The van der Waals surface area contributed by atoms with Crippen molar-refractivity contribution in [3.63, 3.8) is 0 Å². The van der Waals surface area contributed by atoms with E-state index in [-0.39, 0.29) is 21.9 Å². The van der Waals surface area contributed by atoms with Crippen LogP contribution in [0.2, 0.25) is 0 Å². The number of hydrogen-bond acceptors (Lipinski definition) is 7. The summed E-state index contributed by atoms with van der Waals surface area (Å²) in [5.41, 5.74) is 2.84. The van der Waals surface area contributed by atoms with Crippen molar-refractivity contribution in [2.45, 2.75) is 58.1 Å². The van der Waals surface area contributed by atoms with E-state index in [1.807, 2.05) is 13.8 Å². The number of rotatable bonds is 8. The van der Waals surface area contributed by atoms with Crippen LogP contribution in [0.4, 0.5) is 0 Å². The Morgan fingerprint density at radius 2 is 1.72 bits per heavy atom. The molecule has 1 aromatic heterocycles. The zero-order valence-electron chi connectivity index (χ0n) is 19.7. The van der Waals surface area contributed by atoms with E-state index in [0.717, 1.165) is 17.4 Å². The van der Waals surface area contributed by atoms with E-state index < -0.39 is 31.0 Å². The highest BCUT2D eigenvalue weighted by atomic mass is 32.2. The molecule has 0 radical (unpaired) electrons. The van der Waals surface area contributed by atoms with E-state index >= 15 is 0 Å². The number of carbonyl (C=O) groups excluding carboxylic acids is 1. The van der Waals surface area contributed by atoms with Crippen molar-refractivity contribution in [2.24, 2.45) is 7.05 Å². The highest BCUT2D eigenvalue weighted by molar-refractivity contribution is 7.90. The average Bonchev–Trinajstić information content (AvgIpc) is 3.04. The molecule has 0 spiro atoms. The number of aryl methyl sites for hydroxylation is 1. The Morgan fingerprint density at radius 1 is 1.12 bits per heavy atom. The van der Waals surface area contributed by atoms with E-state index in [4.69, 9.17) is 4.18 Å². The van der Waals surface area contributed by atoms with Crippen LogP contribution in [0, 0.1) is 6.92 Å². The second kappa shape index (κ2) is 9.19. The Balaban J connectivity index is 2.72. The Kier molecular flexibility index (Phi) is 7.41. The molecule has 1 atom stereocenters. The maximum absolute atomic E-state index is 13.4. The fraction of sp³-hybridized carbons (Fsp3) is 0.455. The minimum absolute atomic E-state index is 0.0182. The highest BCUT2D eigenvalue weighted by Crippen LogP contribution is 2.33. The van der Waals surface area contributed by atoms with Crippen LogP contribution in [-0.2, 0) is 27.0 Å². The summed E-state index contributed by atoms with van der Waals surface area (Å²) in [5.74, 6) is -0.685. The van der Waals surface area contributed by atoms with Gasteiger partial charge in [0.15, 0.2) is 15.6 Å². The maximum atomic E-state index is 13.4. The Morgan fingerprint density at radius 3 is 2.22 bits per heavy atom. The van der Waals surface area contributed by atoms with Crippen molar-refractivity contribution in [3.8, 4) is 5.88 Å². The predicted octanol–water partition coefficient (Wildman–Crippen LogP) is 3.68. The van der Waals surface area contributed by atoms with Crippen molar-refractivity contribution in [2.75, 3.05) is 6.26 Å². The van der Waals surface area contributed by atoms with Crippen LogP contribution < -0.4 is 4.18 Å². The zero-order valence-corrected chi connectivity index (χ0v) is 21.3. The molecule has 10 heteroatoms. The van der Waals surface area contributed by atoms with Crippen LogP contribution >= 0.6 is 0 Å². The summed E-state index contributed by atoms with van der Waals surface area (Å²) in [6.07, 6.45) is 2.72. The molecular formula is C22H30N2O6S2. The number of allylic oxidation sites excluding steroid dienone is 2. The average molecular weight is 483 g/mol. The molecule has 0 saturated heterocycles. The SMILES string of the molecule is CCC(C)S(=O)(=O)Oc1c(C(=O)c2ccc(S(C)(=O)=O)c(C(C)=C(C)C)c2C)cnn1C. The summed E-state index contributed by atoms with van der Waals surface area (Å²) in [4.78, 5) is 13.6. The number of carbonyl (C=O) groups is 1. The van der Waals surface area contributed by atoms with Gasteiger partial charge in [0.1, 0.15) is 5.56 Å². The minimum Gasteiger partial charge on any atom is -0.361 e. The van der Waals surface area contributed by atoms with E-state index in [0.29, 0.717) is 17.5 Å². The predicted molar refractivity (Wildman–Crippen MR) is 124 cm³/mol. The second-order valence-corrected chi connectivity index (χ2v) is 12.1. The van der Waals surface area contributed by atoms with E-state index in [9.17, 15) is 21.6 Å². The van der Waals surface area contributed by atoms with Crippen LogP contribution in [0.1, 0.15) is 68.1 Å². The van der Waals surface area contributed by atoms with Gasteiger partial charge in [-0.2, -0.15) is 13.5 Å². The molecule has 32 heavy (non-hydrogen) atoms. The van der Waals surface area contributed by atoms with Crippen molar-refractivity contribution < 1.29 is 25.8 Å². The molecule has 1 unspecified atom stereocenters. The molecule has 0 bridgehead atoms. The smallest absolute Gasteiger partial charge is 0.313 e. The summed E-state index contributed by atoms with van der Waals surface area (Å²) in [7, 11) is -6.03. The van der Waals surface area contributed by atoms with Crippen molar-refractivity contribution in [3.05, 3.63) is 46.2 Å². The Labute approximate surface area is 190 Å². The lowest BCUT2D eigenvalue weighted by Gasteiger charge is -2.17. The Bertz CT molecular complexity index is 1300. The minimum atomic E-state index is -3.96. The summed E-state index contributed by atoms with van der Waals surface area (Å²) < 4.78 is 56.2. The first kappa shape index (κ1) is 25.8. The first-order valence-electron chi connectivity index (χ1n) is 10.1. The van der Waals surface area contributed by atoms with Crippen LogP contribution in [0.25, 0.3) is 5.57 Å². The maximum Gasteiger partial charge on any atom is 0.313 e. The van der Waals surface area contributed by atoms with E-state index in [1.165, 1.54) is 37.0 Å². The molecule has 1 aromatic carbocycles. The largest absolute Gasteiger partial charge is 0.361 e. The first-order chi connectivity index (χ1) is 14.6. The molecular weight excluding hydrogens is 452 g/mol. The molecule has 0 amide bonds. The molecule has 2 aromatic rings. The number of benzene rings is 1. The van der Waals surface area contributed by atoms with Gasteiger partial charge in [-0.1, -0.05) is 12.5 Å². The third kappa shape index (κ3) is 4.96. The van der Waals surface area contributed by atoms with Crippen molar-refractivity contribution >= 4 is 31.3 Å². The summed E-state index contributed by atoms with van der Waals surface area (Å²) >= 11 is 0. The highest BCUT2D eigenvalue weighted by Gasteiger charge is 2.29. The molecule has 8 nitrogen and oxygen atoms in total. The molecule has 0 aliphatic rings. The van der Waals surface area contributed by atoms with Gasteiger partial charge in [0, 0.05) is 18.9 Å². The van der Waals surface area contributed by atoms with Gasteiger partial charge < -0.3 is 4.18 Å². The molecule has 176 valence electrons. The van der Waals surface area contributed by atoms with Crippen LogP contribution in [0.15, 0.2) is 28.8 Å². The topological polar surface area (TPSA) is 112 Å². The second-order valence-electron chi connectivity index (χ2n) is 8.12. The fourth-order valence-electron chi connectivity index (χ4n) is 3.18. The lowest BCUT2D eigenvalue weighted by atomic mass is 9.91. The van der Waals surface area contributed by atoms with Gasteiger partial charge in [-0.15, -0.1) is 0 Å². The fourth-order valence-corrected chi connectivity index (χ4v) is 5.16. The van der Waals surface area contributed by atoms with E-state index in [1.54, 1.807) is 20.8 Å². The molecule has 0 saturated carbocycles. The molecule has 0 aliphatic carbocycles. The van der Waals surface area contributed by atoms with Gasteiger partial charge in [0.2, 0.25) is 5.88 Å². The third-order valence-corrected chi connectivity index (χ3v) is 8.44. The number of ketones is 1. The lowest BCUT2D eigenvalue weighted by molar-refractivity contribution is 0.103. The molecule has 2 rings (SSSR count). The number of nitrogens with zero attached hydrogens (tertiary/aromatic N) is 2. The van der Waals surface area contributed by atoms with Gasteiger partial charge in [0.25, 0.3) is 0 Å². The molecule has 0 N–H and O–H groups in total. The number of aromatic nitrogens is 2. The number of sulfone groups is 1. The molecule has 1 heterocycles. The standard InChI is InChI=1S/C22H30N2O6S2/c1-9-14(4)32(28,29)30-22-18(12-23-24(22)7)21(25)17-10-11-19(31(8,26)27)20(16(17)6)15(5)13(2)3/h10-12,14H,9H2,1-8H3. The molecule has 0 aliphatic heterocycles. The summed E-state index contributed by atoms with van der Waals surface area (Å²) in [6.45, 7) is 10.5. The zero-order chi connectivity index (χ0) is 24.6. The van der Waals surface area contributed by atoms with E-state index in [2.05, 4.69) is 5.10 Å². The third-order valence-electron chi connectivity index (χ3n) is 5.59. The quantitative estimate of drug-likeness (QED) is 0.417. The van der Waals surface area contributed by atoms with Crippen LogP contribution in [-0.4, -0.2) is 43.9 Å². The van der Waals surface area contributed by atoms with Gasteiger partial charge in [-0.25, -0.2) is 13.1 Å². The monoisotopic (exact) mass is 482 g/mol. The summed E-state index contributed by atoms with van der Waals surface area (Å²) in [6, 6.07) is 2.85. The number of hydrogen-bond donors (Lipinski definition) is 0. The van der Waals surface area contributed by atoms with Gasteiger partial charge in [-0.05, 0) is 69.9 Å². The van der Waals surface area contributed by atoms with Gasteiger partial charge >= 0.3 is 10.1 Å². The van der Waals surface area contributed by atoms with Crippen molar-refractivity contribution in [1.29, 1.82) is 0 Å². The van der Waals surface area contributed by atoms with Crippen LogP contribution in [0.5, 0.6) is 5.88 Å². The van der Waals surface area contributed by atoms with Gasteiger partial charge in [-0.3, -0.25) is 4.79 Å². The summed E-state index contributed by atoms with van der Waals surface area (Å²) in [5, 5.41) is 3.24.